The molecular weight excluding hydrogens is 260 g/mol. The van der Waals surface area contributed by atoms with Crippen molar-refractivity contribution in [2.75, 3.05) is 7.11 Å². The van der Waals surface area contributed by atoms with Gasteiger partial charge in [0.1, 0.15) is 11.6 Å². The number of methoxy groups -OCH3 is 1. The molecule has 0 bridgehead atoms. The fourth-order valence-corrected chi connectivity index (χ4v) is 2.90. The topological polar surface area (TPSA) is 27.1 Å². The van der Waals surface area contributed by atoms with Crippen LogP contribution in [0.3, 0.4) is 0 Å². The zero-order chi connectivity index (χ0) is 13.4. The molecule has 4 heteroatoms. The molecule has 0 spiro atoms. The lowest BCUT2D eigenvalue weighted by atomic mass is 10.1. The third kappa shape index (κ3) is 2.44. The number of ether oxygens (including phenoxy) is 1. The van der Waals surface area contributed by atoms with E-state index in [2.05, 4.69) is 22.5 Å². The molecule has 1 heterocycles. The normalized spacial score (nSPS) is 16.8. The van der Waals surface area contributed by atoms with Crippen molar-refractivity contribution in [3.8, 4) is 5.75 Å². The summed E-state index contributed by atoms with van der Waals surface area (Å²) >= 11 is 6.04. The Morgan fingerprint density at radius 3 is 2.89 bits per heavy atom. The van der Waals surface area contributed by atoms with Crippen LogP contribution in [0.25, 0.3) is 11.0 Å². The fraction of sp³-hybridized carbons (Fsp3) is 0.533. The highest BCUT2D eigenvalue weighted by atomic mass is 35.5. The van der Waals surface area contributed by atoms with Gasteiger partial charge in [0.25, 0.3) is 0 Å². The lowest BCUT2D eigenvalue weighted by Gasteiger charge is -2.14. The molecule has 0 amide bonds. The highest BCUT2D eigenvalue weighted by Gasteiger charge is 2.28. The Morgan fingerprint density at radius 1 is 1.47 bits per heavy atom. The molecule has 0 aliphatic heterocycles. The summed E-state index contributed by atoms with van der Waals surface area (Å²) in [6, 6.07) is 6.04. The Balaban J connectivity index is 1.99. The highest BCUT2D eigenvalue weighted by Crippen LogP contribution is 2.38. The van der Waals surface area contributed by atoms with Crippen molar-refractivity contribution in [3.05, 3.63) is 24.0 Å². The monoisotopic (exact) mass is 278 g/mol. The Morgan fingerprint density at radius 2 is 2.26 bits per heavy atom. The summed E-state index contributed by atoms with van der Waals surface area (Å²) in [5.74, 6) is 3.83. The number of benzene rings is 1. The average molecular weight is 279 g/mol. The summed E-state index contributed by atoms with van der Waals surface area (Å²) in [5, 5.41) is 0. The van der Waals surface area contributed by atoms with Crippen molar-refractivity contribution in [3.63, 3.8) is 0 Å². The smallest absolute Gasteiger partial charge is 0.124 e. The molecule has 19 heavy (non-hydrogen) atoms. The Labute approximate surface area is 118 Å². The second-order valence-corrected chi connectivity index (χ2v) is 5.71. The number of aromatic nitrogens is 2. The molecule has 102 valence electrons. The van der Waals surface area contributed by atoms with E-state index in [1.807, 2.05) is 12.1 Å². The molecule has 2 aromatic rings. The van der Waals surface area contributed by atoms with E-state index in [1.54, 1.807) is 7.11 Å². The zero-order valence-electron chi connectivity index (χ0n) is 11.4. The summed E-state index contributed by atoms with van der Waals surface area (Å²) in [6.45, 7) is 3.33. The van der Waals surface area contributed by atoms with Crippen LogP contribution in [-0.2, 0) is 12.4 Å². The van der Waals surface area contributed by atoms with E-state index in [1.165, 1.54) is 12.8 Å². The van der Waals surface area contributed by atoms with Gasteiger partial charge in [0.05, 0.1) is 24.0 Å². The van der Waals surface area contributed by atoms with Crippen LogP contribution in [-0.4, -0.2) is 16.7 Å². The number of rotatable bonds is 5. The van der Waals surface area contributed by atoms with Crippen LogP contribution < -0.4 is 4.74 Å². The van der Waals surface area contributed by atoms with Crippen molar-refractivity contribution >= 4 is 22.6 Å². The Bertz CT molecular complexity index is 589. The molecular formula is C15H19ClN2O. The Hall–Kier alpha value is -1.22. The van der Waals surface area contributed by atoms with Crippen LogP contribution in [0, 0.1) is 11.8 Å². The van der Waals surface area contributed by atoms with Crippen molar-refractivity contribution in [1.82, 2.24) is 9.55 Å². The third-order valence-corrected chi connectivity index (χ3v) is 4.29. The van der Waals surface area contributed by atoms with E-state index in [-0.39, 0.29) is 0 Å². The van der Waals surface area contributed by atoms with E-state index < -0.39 is 0 Å². The zero-order valence-corrected chi connectivity index (χ0v) is 12.2. The van der Waals surface area contributed by atoms with Crippen molar-refractivity contribution in [2.24, 2.45) is 11.8 Å². The quantitative estimate of drug-likeness (QED) is 0.777. The van der Waals surface area contributed by atoms with E-state index in [0.717, 1.165) is 35.1 Å². The first-order chi connectivity index (χ1) is 9.22. The maximum absolute atomic E-state index is 6.04. The number of fused-ring (bicyclic) bond motifs is 1. The lowest BCUT2D eigenvalue weighted by Crippen LogP contribution is -2.11. The minimum Gasteiger partial charge on any atom is -0.497 e. The maximum Gasteiger partial charge on any atom is 0.124 e. The number of nitrogens with zero attached hydrogens (tertiary/aromatic N) is 2. The minimum absolute atomic E-state index is 0.453. The van der Waals surface area contributed by atoms with Gasteiger partial charge in [-0.05, 0) is 36.8 Å². The number of halogens is 1. The number of hydrogen-bond donors (Lipinski definition) is 0. The summed E-state index contributed by atoms with van der Waals surface area (Å²) in [4.78, 5) is 4.62. The van der Waals surface area contributed by atoms with Gasteiger partial charge in [0.15, 0.2) is 0 Å². The largest absolute Gasteiger partial charge is 0.497 e. The molecule has 1 aliphatic carbocycles. The maximum atomic E-state index is 6.04. The van der Waals surface area contributed by atoms with Gasteiger partial charge < -0.3 is 9.30 Å². The molecule has 1 aromatic heterocycles. The van der Waals surface area contributed by atoms with E-state index in [4.69, 9.17) is 16.3 Å². The summed E-state index contributed by atoms with van der Waals surface area (Å²) in [6.07, 6.45) is 2.75. The molecule has 0 radical (unpaired) electrons. The first kappa shape index (κ1) is 12.8. The van der Waals surface area contributed by atoms with Gasteiger partial charge in [-0.2, -0.15) is 0 Å². The number of imidazole rings is 1. The molecule has 0 N–H and O–H groups in total. The van der Waals surface area contributed by atoms with Crippen LogP contribution in [0.2, 0.25) is 0 Å². The summed E-state index contributed by atoms with van der Waals surface area (Å²) in [7, 11) is 1.68. The van der Waals surface area contributed by atoms with Gasteiger partial charge in [0, 0.05) is 12.6 Å². The first-order valence-corrected chi connectivity index (χ1v) is 7.35. The van der Waals surface area contributed by atoms with Gasteiger partial charge in [-0.15, -0.1) is 11.6 Å². The SMILES string of the molecule is COc1ccc2c(c1)nc(CCl)n2CC(C)C1CC1. The summed E-state index contributed by atoms with van der Waals surface area (Å²) < 4.78 is 7.52. The van der Waals surface area contributed by atoms with Crippen LogP contribution in [0.5, 0.6) is 5.75 Å². The molecule has 0 saturated heterocycles. The molecule has 3 nitrogen and oxygen atoms in total. The van der Waals surface area contributed by atoms with Gasteiger partial charge in [-0.3, -0.25) is 0 Å². The molecule has 3 rings (SSSR count). The fourth-order valence-electron chi connectivity index (χ4n) is 2.69. The molecule has 1 aromatic carbocycles. The van der Waals surface area contributed by atoms with E-state index >= 15 is 0 Å². The van der Waals surface area contributed by atoms with Crippen LogP contribution in [0.1, 0.15) is 25.6 Å². The van der Waals surface area contributed by atoms with Crippen LogP contribution in [0.4, 0.5) is 0 Å². The van der Waals surface area contributed by atoms with Crippen LogP contribution >= 0.6 is 11.6 Å². The molecule has 1 atom stereocenters. The van der Waals surface area contributed by atoms with Gasteiger partial charge >= 0.3 is 0 Å². The average Bonchev–Trinajstić information content (AvgIpc) is 3.22. The predicted molar refractivity (Wildman–Crippen MR) is 77.7 cm³/mol. The van der Waals surface area contributed by atoms with Gasteiger partial charge in [-0.1, -0.05) is 6.92 Å². The highest BCUT2D eigenvalue weighted by molar-refractivity contribution is 6.16. The van der Waals surface area contributed by atoms with Crippen molar-refractivity contribution in [2.45, 2.75) is 32.2 Å². The standard InChI is InChI=1S/C15H19ClN2O/c1-10(11-3-4-11)9-18-14-6-5-12(19-2)7-13(14)17-15(18)8-16/h5-7,10-11H,3-4,8-9H2,1-2H3. The number of hydrogen-bond acceptors (Lipinski definition) is 2. The molecule has 1 aliphatic rings. The first-order valence-electron chi connectivity index (χ1n) is 6.82. The number of alkyl halides is 1. The minimum atomic E-state index is 0.453. The third-order valence-electron chi connectivity index (χ3n) is 4.05. The summed E-state index contributed by atoms with van der Waals surface area (Å²) in [5.41, 5.74) is 2.13. The van der Waals surface area contributed by atoms with Gasteiger partial charge in [-0.25, -0.2) is 4.98 Å². The second-order valence-electron chi connectivity index (χ2n) is 5.44. The molecule has 1 saturated carbocycles. The molecule has 1 unspecified atom stereocenters. The second kappa shape index (κ2) is 5.04. The van der Waals surface area contributed by atoms with Crippen molar-refractivity contribution in [1.29, 1.82) is 0 Å². The van der Waals surface area contributed by atoms with Crippen molar-refractivity contribution < 1.29 is 4.74 Å². The van der Waals surface area contributed by atoms with E-state index in [0.29, 0.717) is 11.8 Å². The lowest BCUT2D eigenvalue weighted by molar-refractivity contribution is 0.415. The van der Waals surface area contributed by atoms with E-state index in [9.17, 15) is 0 Å². The van der Waals surface area contributed by atoms with Crippen LogP contribution in [0.15, 0.2) is 18.2 Å². The van der Waals surface area contributed by atoms with Gasteiger partial charge in [0.2, 0.25) is 0 Å². The predicted octanol–water partition coefficient (Wildman–Crippen LogP) is 3.83. The molecule has 1 fully saturated rings. The Kier molecular flexibility index (Phi) is 3.40.